The first-order valence-corrected chi connectivity index (χ1v) is 12.2. The summed E-state index contributed by atoms with van der Waals surface area (Å²) in [5.41, 5.74) is 0.768. The number of anilines is 2. The van der Waals surface area contributed by atoms with Gasteiger partial charge in [0.15, 0.2) is 0 Å². The molecular weight excluding hydrogens is 428 g/mol. The monoisotopic (exact) mass is 448 g/mol. The first kappa shape index (κ1) is 21.2. The van der Waals surface area contributed by atoms with Crippen molar-refractivity contribution >= 4 is 50.4 Å². The summed E-state index contributed by atoms with van der Waals surface area (Å²) in [6, 6.07) is 16.9. The molecule has 29 heavy (non-hydrogen) atoms. The summed E-state index contributed by atoms with van der Waals surface area (Å²) in [4.78, 5) is 13.4. The van der Waals surface area contributed by atoms with E-state index in [-0.39, 0.29) is 16.6 Å². The van der Waals surface area contributed by atoms with Crippen LogP contribution in [-0.4, -0.2) is 27.2 Å². The fourth-order valence-corrected chi connectivity index (χ4v) is 5.29. The molecule has 9 heteroatoms. The van der Waals surface area contributed by atoms with Crippen LogP contribution in [0.5, 0.6) is 5.75 Å². The molecule has 152 valence electrons. The third-order valence-electron chi connectivity index (χ3n) is 3.84. The number of carbonyl (C=O) groups excluding carboxylic acids is 1. The summed E-state index contributed by atoms with van der Waals surface area (Å²) >= 11 is 3.16. The van der Waals surface area contributed by atoms with Crippen LogP contribution < -0.4 is 14.8 Å². The summed E-state index contributed by atoms with van der Waals surface area (Å²) < 4.78 is 33.2. The number of hydrogen-bond acceptors (Lipinski definition) is 6. The van der Waals surface area contributed by atoms with E-state index in [1.807, 2.05) is 17.5 Å². The van der Waals surface area contributed by atoms with Crippen molar-refractivity contribution in [1.82, 2.24) is 0 Å². The highest BCUT2D eigenvalue weighted by atomic mass is 32.2. The normalized spacial score (nSPS) is 11.1. The van der Waals surface area contributed by atoms with E-state index in [2.05, 4.69) is 10.0 Å². The fraction of sp³-hybridized carbons (Fsp3) is 0.150. The Labute approximate surface area is 178 Å². The average Bonchev–Trinajstić information content (AvgIpc) is 3.22. The van der Waals surface area contributed by atoms with Gasteiger partial charge >= 0.3 is 0 Å². The number of amides is 1. The molecule has 0 saturated carbocycles. The minimum atomic E-state index is -3.84. The van der Waals surface area contributed by atoms with E-state index in [9.17, 15) is 13.2 Å². The molecule has 0 unspecified atom stereocenters. The largest absolute Gasteiger partial charge is 0.495 e. The highest BCUT2D eigenvalue weighted by Gasteiger charge is 2.17. The van der Waals surface area contributed by atoms with E-state index < -0.39 is 10.0 Å². The molecule has 0 aliphatic carbocycles. The lowest BCUT2D eigenvalue weighted by Gasteiger charge is -2.12. The van der Waals surface area contributed by atoms with Crippen LogP contribution in [0.15, 0.2) is 70.9 Å². The van der Waals surface area contributed by atoms with E-state index in [0.29, 0.717) is 17.1 Å². The van der Waals surface area contributed by atoms with Crippen LogP contribution in [-0.2, 0) is 20.6 Å². The Balaban J connectivity index is 1.64. The van der Waals surface area contributed by atoms with Gasteiger partial charge in [0, 0.05) is 16.3 Å². The molecule has 0 saturated heterocycles. The molecule has 0 spiro atoms. The maximum atomic E-state index is 12.7. The molecule has 2 N–H and O–H groups in total. The first-order valence-electron chi connectivity index (χ1n) is 8.64. The second kappa shape index (κ2) is 9.82. The van der Waals surface area contributed by atoms with E-state index in [1.54, 1.807) is 47.7 Å². The van der Waals surface area contributed by atoms with Gasteiger partial charge in [0.05, 0.1) is 23.4 Å². The van der Waals surface area contributed by atoms with Crippen molar-refractivity contribution in [2.75, 3.05) is 22.9 Å². The average molecular weight is 449 g/mol. The van der Waals surface area contributed by atoms with Crippen LogP contribution in [0.4, 0.5) is 11.4 Å². The molecule has 6 nitrogen and oxygen atoms in total. The SMILES string of the molecule is COc1ccccc1NS(=O)(=O)c1cccc(NC(=O)CSCc2cccs2)c1. The molecule has 3 aromatic rings. The molecule has 0 radical (unpaired) electrons. The predicted molar refractivity (Wildman–Crippen MR) is 119 cm³/mol. The molecule has 1 aromatic heterocycles. The highest BCUT2D eigenvalue weighted by Crippen LogP contribution is 2.27. The number of thioether (sulfide) groups is 1. The van der Waals surface area contributed by atoms with Gasteiger partial charge in [0.25, 0.3) is 10.0 Å². The van der Waals surface area contributed by atoms with Crippen LogP contribution in [0, 0.1) is 0 Å². The molecular formula is C20H20N2O4S3. The summed E-state index contributed by atoms with van der Waals surface area (Å²) in [5, 5.41) is 4.75. The number of hydrogen-bond donors (Lipinski definition) is 2. The van der Waals surface area contributed by atoms with Crippen LogP contribution in [0.1, 0.15) is 4.88 Å². The molecule has 1 amide bonds. The van der Waals surface area contributed by atoms with Crippen molar-refractivity contribution in [3.63, 3.8) is 0 Å². The summed E-state index contributed by atoms with van der Waals surface area (Å²) in [6.45, 7) is 0. The van der Waals surface area contributed by atoms with Crippen molar-refractivity contribution < 1.29 is 17.9 Å². The van der Waals surface area contributed by atoms with Gasteiger partial charge in [-0.1, -0.05) is 24.3 Å². The van der Waals surface area contributed by atoms with Crippen LogP contribution in [0.2, 0.25) is 0 Å². The molecule has 0 aliphatic rings. The lowest BCUT2D eigenvalue weighted by atomic mass is 10.3. The quantitative estimate of drug-likeness (QED) is 0.506. The van der Waals surface area contributed by atoms with Crippen LogP contribution in [0.3, 0.4) is 0 Å². The number of thiophene rings is 1. The van der Waals surface area contributed by atoms with Crippen LogP contribution in [0.25, 0.3) is 0 Å². The summed E-state index contributed by atoms with van der Waals surface area (Å²) in [6.07, 6.45) is 0. The van der Waals surface area contributed by atoms with Crippen LogP contribution >= 0.6 is 23.1 Å². The Morgan fingerprint density at radius 3 is 2.69 bits per heavy atom. The number of sulfonamides is 1. The molecule has 0 atom stereocenters. The molecule has 0 fully saturated rings. The van der Waals surface area contributed by atoms with Gasteiger partial charge in [0.2, 0.25) is 5.91 Å². The maximum absolute atomic E-state index is 12.7. The molecule has 1 heterocycles. The first-order chi connectivity index (χ1) is 14.0. The Kier molecular flexibility index (Phi) is 7.18. The van der Waals surface area contributed by atoms with Gasteiger partial charge in [-0.05, 0) is 41.8 Å². The van der Waals surface area contributed by atoms with Crippen molar-refractivity contribution in [1.29, 1.82) is 0 Å². The van der Waals surface area contributed by atoms with Gasteiger partial charge in [-0.15, -0.1) is 23.1 Å². The Morgan fingerprint density at radius 2 is 1.93 bits per heavy atom. The van der Waals surface area contributed by atoms with Gasteiger partial charge < -0.3 is 10.1 Å². The smallest absolute Gasteiger partial charge is 0.262 e. The van der Waals surface area contributed by atoms with Crippen molar-refractivity contribution in [2.45, 2.75) is 10.6 Å². The summed E-state index contributed by atoms with van der Waals surface area (Å²) in [5.74, 6) is 1.29. The lowest BCUT2D eigenvalue weighted by Crippen LogP contribution is -2.16. The summed E-state index contributed by atoms with van der Waals surface area (Å²) in [7, 11) is -2.36. The highest BCUT2D eigenvalue weighted by molar-refractivity contribution is 7.99. The maximum Gasteiger partial charge on any atom is 0.262 e. The number of benzene rings is 2. The van der Waals surface area contributed by atoms with Crippen molar-refractivity contribution in [3.8, 4) is 5.75 Å². The number of carbonyl (C=O) groups is 1. The fourth-order valence-electron chi connectivity index (χ4n) is 2.51. The van der Waals surface area contributed by atoms with E-state index in [4.69, 9.17) is 4.74 Å². The number of para-hydroxylation sites is 2. The molecule has 3 rings (SSSR count). The second-order valence-electron chi connectivity index (χ2n) is 5.95. The van der Waals surface area contributed by atoms with Gasteiger partial charge in [0.1, 0.15) is 5.75 Å². The number of nitrogens with one attached hydrogen (secondary N) is 2. The number of ether oxygens (including phenoxy) is 1. The molecule has 2 aromatic carbocycles. The van der Waals surface area contributed by atoms with Crippen molar-refractivity contribution in [2.24, 2.45) is 0 Å². The number of rotatable bonds is 9. The van der Waals surface area contributed by atoms with E-state index in [1.165, 1.54) is 35.9 Å². The zero-order valence-electron chi connectivity index (χ0n) is 15.6. The Morgan fingerprint density at radius 1 is 1.10 bits per heavy atom. The third-order valence-corrected chi connectivity index (χ3v) is 7.24. The number of methoxy groups -OCH3 is 1. The Bertz CT molecular complexity index is 1070. The van der Waals surface area contributed by atoms with Gasteiger partial charge in [-0.25, -0.2) is 8.42 Å². The van der Waals surface area contributed by atoms with E-state index in [0.717, 1.165) is 5.75 Å². The standard InChI is InChI=1S/C20H20N2O4S3/c1-26-19-10-3-2-9-18(19)22-29(24,25)17-8-4-6-15(12-17)21-20(23)14-27-13-16-7-5-11-28-16/h2-12,22H,13-14H2,1H3,(H,21,23). The third kappa shape index (κ3) is 5.99. The van der Waals surface area contributed by atoms with Crippen molar-refractivity contribution in [3.05, 3.63) is 70.9 Å². The van der Waals surface area contributed by atoms with E-state index >= 15 is 0 Å². The zero-order valence-corrected chi connectivity index (χ0v) is 18.1. The Hall–Kier alpha value is -2.49. The minimum Gasteiger partial charge on any atom is -0.495 e. The second-order valence-corrected chi connectivity index (χ2v) is 9.65. The molecule has 0 aliphatic heterocycles. The lowest BCUT2D eigenvalue weighted by molar-refractivity contribution is -0.113. The zero-order chi connectivity index (χ0) is 20.7. The predicted octanol–water partition coefficient (Wildman–Crippen LogP) is 4.43. The minimum absolute atomic E-state index is 0.0486. The van der Waals surface area contributed by atoms with Gasteiger partial charge in [-0.3, -0.25) is 9.52 Å². The molecule has 0 bridgehead atoms. The van der Waals surface area contributed by atoms with Gasteiger partial charge in [-0.2, -0.15) is 0 Å². The topological polar surface area (TPSA) is 84.5 Å².